The van der Waals surface area contributed by atoms with Gasteiger partial charge in [-0.05, 0) is 41.8 Å². The first-order valence-electron chi connectivity index (χ1n) is 9.25. The third kappa shape index (κ3) is 3.91. The topological polar surface area (TPSA) is 69.7 Å². The van der Waals surface area contributed by atoms with Crippen molar-refractivity contribution in [1.82, 2.24) is 9.80 Å². The average Bonchev–Trinajstić information content (AvgIpc) is 2.65. The van der Waals surface area contributed by atoms with Crippen LogP contribution in [0.1, 0.15) is 34.0 Å². The van der Waals surface area contributed by atoms with Gasteiger partial charge in [0.25, 0.3) is 5.91 Å². The Hall–Kier alpha value is -3.15. The number of hydrogen-bond acceptors (Lipinski definition) is 3. The molecule has 1 atom stereocenters. The summed E-state index contributed by atoms with van der Waals surface area (Å²) < 4.78 is 0. The maximum absolute atomic E-state index is 13.3. The first-order valence-corrected chi connectivity index (χ1v) is 9.25. The van der Waals surface area contributed by atoms with Crippen LogP contribution in [0.5, 0.6) is 0 Å². The number of nitrogens with one attached hydrogen (secondary N) is 1. The minimum absolute atomic E-state index is 0.0986. The maximum Gasteiger partial charge on any atom is 0.255 e. The molecule has 1 aliphatic heterocycles. The first kappa shape index (κ1) is 19.6. The molecule has 0 bridgehead atoms. The van der Waals surface area contributed by atoms with Crippen molar-refractivity contribution in [2.45, 2.75) is 32.9 Å². The lowest BCUT2D eigenvalue weighted by atomic mass is 9.91. The van der Waals surface area contributed by atoms with Gasteiger partial charge in [-0.3, -0.25) is 14.4 Å². The van der Waals surface area contributed by atoms with E-state index in [1.165, 1.54) is 11.8 Å². The molecule has 0 fully saturated rings. The first-order chi connectivity index (χ1) is 13.3. The number of hydrogen-bond donors (Lipinski definition) is 1. The van der Waals surface area contributed by atoms with Gasteiger partial charge in [-0.25, -0.2) is 0 Å². The summed E-state index contributed by atoms with van der Waals surface area (Å²) in [7, 11) is 3.41. The Morgan fingerprint density at radius 1 is 1.07 bits per heavy atom. The van der Waals surface area contributed by atoms with Gasteiger partial charge in [0, 0.05) is 45.2 Å². The third-order valence-electron chi connectivity index (χ3n) is 5.02. The van der Waals surface area contributed by atoms with Crippen LogP contribution < -0.4 is 5.32 Å². The molecular formula is C22H25N3O3. The summed E-state index contributed by atoms with van der Waals surface area (Å²) in [5.74, 6) is -0.406. The Kier molecular flexibility index (Phi) is 5.49. The monoisotopic (exact) mass is 379 g/mol. The fourth-order valence-corrected chi connectivity index (χ4v) is 3.57. The number of nitrogens with zero attached hydrogens (tertiary/aromatic N) is 2. The fourth-order valence-electron chi connectivity index (χ4n) is 3.57. The number of fused-ring (bicyclic) bond motifs is 1. The van der Waals surface area contributed by atoms with Crippen LogP contribution in [0.25, 0.3) is 0 Å². The maximum atomic E-state index is 13.3. The largest absolute Gasteiger partial charge is 0.347 e. The van der Waals surface area contributed by atoms with Crippen molar-refractivity contribution in [3.63, 3.8) is 0 Å². The van der Waals surface area contributed by atoms with Gasteiger partial charge in [-0.15, -0.1) is 0 Å². The van der Waals surface area contributed by atoms with E-state index in [1.807, 2.05) is 43.3 Å². The summed E-state index contributed by atoms with van der Waals surface area (Å²) in [5, 5.41) is 2.77. The molecule has 2 aromatic carbocycles. The summed E-state index contributed by atoms with van der Waals surface area (Å²) in [6.45, 7) is 3.67. The highest BCUT2D eigenvalue weighted by atomic mass is 16.2. The molecule has 0 radical (unpaired) electrons. The van der Waals surface area contributed by atoms with Gasteiger partial charge in [-0.2, -0.15) is 0 Å². The Labute approximate surface area is 165 Å². The van der Waals surface area contributed by atoms with E-state index < -0.39 is 6.04 Å². The number of amides is 3. The zero-order valence-electron chi connectivity index (χ0n) is 16.7. The molecule has 0 aliphatic carbocycles. The highest BCUT2D eigenvalue weighted by Gasteiger charge is 2.36. The molecule has 6 nitrogen and oxygen atoms in total. The molecule has 1 heterocycles. The summed E-state index contributed by atoms with van der Waals surface area (Å²) in [6.07, 6.45) is 0.449. The molecule has 28 heavy (non-hydrogen) atoms. The summed E-state index contributed by atoms with van der Waals surface area (Å²) in [6, 6.07) is 12.5. The minimum atomic E-state index is -0.554. The molecule has 1 aliphatic rings. The van der Waals surface area contributed by atoms with Crippen molar-refractivity contribution < 1.29 is 14.4 Å². The third-order valence-corrected chi connectivity index (χ3v) is 5.02. The zero-order valence-corrected chi connectivity index (χ0v) is 16.7. The molecule has 2 aromatic rings. The second kappa shape index (κ2) is 7.84. The van der Waals surface area contributed by atoms with Crippen molar-refractivity contribution in [3.05, 3.63) is 64.7 Å². The minimum Gasteiger partial charge on any atom is -0.347 e. The van der Waals surface area contributed by atoms with Crippen LogP contribution in [-0.2, 0) is 22.6 Å². The van der Waals surface area contributed by atoms with E-state index in [-0.39, 0.29) is 17.7 Å². The van der Waals surface area contributed by atoms with Crippen LogP contribution in [0, 0.1) is 6.92 Å². The highest BCUT2D eigenvalue weighted by Crippen LogP contribution is 2.28. The van der Waals surface area contributed by atoms with Crippen LogP contribution in [0.2, 0.25) is 0 Å². The van der Waals surface area contributed by atoms with Crippen LogP contribution in [0.15, 0.2) is 42.5 Å². The molecular weight excluding hydrogens is 354 g/mol. The Morgan fingerprint density at radius 3 is 2.43 bits per heavy atom. The summed E-state index contributed by atoms with van der Waals surface area (Å²) >= 11 is 0. The molecule has 0 saturated heterocycles. The Balaban J connectivity index is 2.00. The number of likely N-dealkylation sites (N-methyl/N-ethyl adjacent to an activating group) is 1. The van der Waals surface area contributed by atoms with Crippen molar-refractivity contribution in [3.8, 4) is 0 Å². The molecule has 0 unspecified atom stereocenters. The molecule has 0 spiro atoms. The Bertz CT molecular complexity index is 936. The average molecular weight is 379 g/mol. The quantitative estimate of drug-likeness (QED) is 0.891. The van der Waals surface area contributed by atoms with Crippen molar-refractivity contribution >= 4 is 23.4 Å². The smallest absolute Gasteiger partial charge is 0.255 e. The molecule has 1 N–H and O–H groups in total. The molecule has 0 saturated carbocycles. The summed E-state index contributed by atoms with van der Waals surface area (Å²) in [4.78, 5) is 40.7. The lowest BCUT2D eigenvalue weighted by Crippen LogP contribution is -2.52. The van der Waals surface area contributed by atoms with E-state index in [1.54, 1.807) is 25.1 Å². The van der Waals surface area contributed by atoms with Gasteiger partial charge < -0.3 is 15.1 Å². The van der Waals surface area contributed by atoms with Crippen molar-refractivity contribution in [2.24, 2.45) is 0 Å². The van der Waals surface area contributed by atoms with E-state index in [0.29, 0.717) is 24.2 Å². The van der Waals surface area contributed by atoms with Gasteiger partial charge in [-0.1, -0.05) is 24.3 Å². The van der Waals surface area contributed by atoms with Crippen molar-refractivity contribution in [1.29, 1.82) is 0 Å². The van der Waals surface area contributed by atoms with E-state index in [2.05, 4.69) is 5.32 Å². The molecule has 3 rings (SSSR count). The molecule has 0 aromatic heterocycles. The van der Waals surface area contributed by atoms with Gasteiger partial charge >= 0.3 is 0 Å². The van der Waals surface area contributed by atoms with Crippen molar-refractivity contribution in [2.75, 3.05) is 19.4 Å². The number of aryl methyl sites for hydroxylation is 1. The lowest BCUT2D eigenvalue weighted by Gasteiger charge is -2.37. The van der Waals surface area contributed by atoms with Gasteiger partial charge in [0.2, 0.25) is 11.8 Å². The van der Waals surface area contributed by atoms with Crippen LogP contribution in [0.4, 0.5) is 5.69 Å². The lowest BCUT2D eigenvalue weighted by molar-refractivity contribution is -0.134. The van der Waals surface area contributed by atoms with E-state index in [9.17, 15) is 14.4 Å². The Morgan fingerprint density at radius 2 is 1.79 bits per heavy atom. The van der Waals surface area contributed by atoms with Crippen LogP contribution in [0.3, 0.4) is 0 Å². The number of carbonyl (C=O) groups excluding carboxylic acids is 3. The van der Waals surface area contributed by atoms with E-state index in [0.717, 1.165) is 16.7 Å². The number of carbonyl (C=O) groups is 3. The van der Waals surface area contributed by atoms with Crippen LogP contribution >= 0.6 is 0 Å². The second-order valence-corrected chi connectivity index (χ2v) is 7.37. The normalized spacial score (nSPS) is 15.6. The van der Waals surface area contributed by atoms with Gasteiger partial charge in [0.15, 0.2) is 0 Å². The molecule has 146 valence electrons. The fraction of sp³-hybridized carbons (Fsp3) is 0.318. The molecule has 3 amide bonds. The van der Waals surface area contributed by atoms with Crippen LogP contribution in [-0.4, -0.2) is 47.7 Å². The van der Waals surface area contributed by atoms with E-state index >= 15 is 0 Å². The zero-order chi connectivity index (χ0) is 20.4. The number of rotatable bonds is 3. The second-order valence-electron chi connectivity index (χ2n) is 7.37. The predicted molar refractivity (Wildman–Crippen MR) is 108 cm³/mol. The SMILES string of the molecule is CC(=O)Nc1ccc2c(c1)CN(C(=O)c1ccccc1C)[C@H](C(=O)N(C)C)C2. The molecule has 6 heteroatoms. The number of anilines is 1. The highest BCUT2D eigenvalue weighted by molar-refractivity contribution is 5.99. The predicted octanol–water partition coefficient (Wildman–Crippen LogP) is 2.61. The van der Waals surface area contributed by atoms with Gasteiger partial charge in [0.1, 0.15) is 6.04 Å². The summed E-state index contributed by atoms with van der Waals surface area (Å²) in [5.41, 5.74) is 4.12. The standard InChI is InChI=1S/C22H25N3O3/c1-14-7-5-6-8-19(14)21(27)25-13-17-11-18(23-15(2)26)10-9-16(17)12-20(25)22(28)24(3)4/h5-11,20H,12-13H2,1-4H3,(H,23,26)/t20-/m0/s1. The number of benzene rings is 2. The van der Waals surface area contributed by atoms with E-state index in [4.69, 9.17) is 0 Å². The van der Waals surface area contributed by atoms with Gasteiger partial charge in [0.05, 0.1) is 0 Å².